The van der Waals surface area contributed by atoms with Gasteiger partial charge in [-0.25, -0.2) is 0 Å². The number of benzene rings is 6. The number of nitrogens with one attached hydrogen (secondary N) is 3. The van der Waals surface area contributed by atoms with E-state index in [-0.39, 0.29) is 0 Å². The molecule has 18 heteroatoms. The van der Waals surface area contributed by atoms with Crippen LogP contribution in [-0.4, -0.2) is 122 Å². The van der Waals surface area contributed by atoms with Crippen molar-refractivity contribution in [2.24, 2.45) is 0 Å². The molecule has 0 saturated carbocycles. The van der Waals surface area contributed by atoms with Gasteiger partial charge in [-0.05, 0) is 106 Å². The Labute approximate surface area is 458 Å². The van der Waals surface area contributed by atoms with E-state index in [1.807, 2.05) is 109 Å². The highest BCUT2D eigenvalue weighted by Gasteiger charge is 2.11. The number of hydrogen-bond acceptors (Lipinski definition) is 18. The highest BCUT2D eigenvalue weighted by Crippen LogP contribution is 2.29. The van der Waals surface area contributed by atoms with Crippen molar-refractivity contribution < 1.29 is 71.1 Å². The third kappa shape index (κ3) is 20.2. The van der Waals surface area contributed by atoms with Crippen LogP contribution in [-0.2, 0) is 53.5 Å². The molecule has 1 aliphatic rings. The zero-order valence-corrected chi connectivity index (χ0v) is 45.7. The van der Waals surface area contributed by atoms with E-state index in [0.717, 1.165) is 67.9 Å². The first-order valence-corrected chi connectivity index (χ1v) is 26.0. The molecule has 0 atom stereocenters. The SMILES string of the molecule is COc1cc(CNCc2cc3cc(c2)OCCOCCOc2cc(CNCc4cc(OC)cc(OC)c4)cc(c2)OCCOCCOc2cc(CNCc4cc(OC)cc(OC)c4)cc(c2)OCCOCCO3)cc(OC)c1. The number of rotatable bonds is 18. The van der Waals surface area contributed by atoms with Crippen LogP contribution in [0.25, 0.3) is 0 Å². The molecule has 420 valence electrons. The molecule has 0 fully saturated rings. The van der Waals surface area contributed by atoms with Crippen molar-refractivity contribution >= 4 is 0 Å². The average Bonchev–Trinajstić information content (AvgIpc) is 3.46. The Morgan fingerprint density at radius 2 is 0.423 bits per heavy atom. The molecule has 6 aromatic carbocycles. The molecule has 1 aliphatic heterocycles. The molecule has 0 amide bonds. The standard InChI is InChI=1S/C60H75N3O15/c1-64-49-19-43(20-50(31-49)65-2)37-61-40-46-25-55-34-56(26-46)74-14-8-71-10-16-76-58-28-48(42-63-39-45-23-53(68-5)33-54(24-45)69-6)30-60(36-58)78-18-12-72-11-17-77-59-29-47(27-57(35-59)75-15-9-70-7-13-73-55)41-62-38-44-21-51(66-3)32-52(22-44)67-4/h19-36,61-63H,7-18,37-42H2,1-6H3. The summed E-state index contributed by atoms with van der Waals surface area (Å²) in [5, 5.41) is 10.6. The molecule has 0 spiro atoms. The molecule has 0 unspecified atom stereocenters. The van der Waals surface area contributed by atoms with Crippen LogP contribution in [0.1, 0.15) is 33.4 Å². The van der Waals surface area contributed by atoms with Gasteiger partial charge in [0.15, 0.2) is 0 Å². The van der Waals surface area contributed by atoms with Crippen LogP contribution in [0.5, 0.6) is 69.0 Å². The van der Waals surface area contributed by atoms with Crippen LogP contribution < -0.4 is 72.8 Å². The van der Waals surface area contributed by atoms with Crippen LogP contribution in [0.15, 0.2) is 109 Å². The zero-order valence-electron chi connectivity index (χ0n) is 45.7. The van der Waals surface area contributed by atoms with E-state index in [2.05, 4.69) is 16.0 Å². The molecule has 6 bridgehead atoms. The predicted molar refractivity (Wildman–Crippen MR) is 295 cm³/mol. The lowest BCUT2D eigenvalue weighted by Crippen LogP contribution is -2.15. The van der Waals surface area contributed by atoms with Gasteiger partial charge in [-0.1, -0.05) is 0 Å². The van der Waals surface area contributed by atoms with Gasteiger partial charge in [0.05, 0.1) is 82.3 Å². The summed E-state index contributed by atoms with van der Waals surface area (Å²) in [4.78, 5) is 0. The lowest BCUT2D eigenvalue weighted by atomic mass is 10.1. The van der Waals surface area contributed by atoms with Gasteiger partial charge in [0.2, 0.25) is 0 Å². The van der Waals surface area contributed by atoms with E-state index in [4.69, 9.17) is 71.1 Å². The lowest BCUT2D eigenvalue weighted by Gasteiger charge is -2.15. The van der Waals surface area contributed by atoms with E-state index in [0.29, 0.717) is 153 Å². The van der Waals surface area contributed by atoms with Crippen molar-refractivity contribution in [1.82, 2.24) is 16.0 Å². The van der Waals surface area contributed by atoms with Gasteiger partial charge in [-0.2, -0.15) is 0 Å². The van der Waals surface area contributed by atoms with E-state index in [1.165, 1.54) is 0 Å². The monoisotopic (exact) mass is 1080 g/mol. The zero-order chi connectivity index (χ0) is 54.6. The Bertz CT molecular complexity index is 2300. The summed E-state index contributed by atoms with van der Waals surface area (Å²) in [6.07, 6.45) is 0. The summed E-state index contributed by atoms with van der Waals surface area (Å²) in [6, 6.07) is 35.0. The van der Waals surface area contributed by atoms with Gasteiger partial charge in [-0.3, -0.25) is 0 Å². The van der Waals surface area contributed by atoms with E-state index in [1.54, 1.807) is 42.7 Å². The smallest absolute Gasteiger partial charge is 0.123 e. The maximum Gasteiger partial charge on any atom is 0.123 e. The van der Waals surface area contributed by atoms with E-state index >= 15 is 0 Å². The first-order chi connectivity index (χ1) is 38.3. The summed E-state index contributed by atoms with van der Waals surface area (Å²) in [6.45, 7) is 7.35. The quantitative estimate of drug-likeness (QED) is 0.0749. The molecule has 0 saturated heterocycles. The molecule has 0 radical (unpaired) electrons. The maximum absolute atomic E-state index is 6.22. The van der Waals surface area contributed by atoms with E-state index in [9.17, 15) is 0 Å². The minimum atomic E-state index is 0.315. The van der Waals surface area contributed by atoms with Crippen LogP contribution in [0.2, 0.25) is 0 Å². The Morgan fingerprint density at radius 3 is 0.603 bits per heavy atom. The number of hydrogen-bond donors (Lipinski definition) is 3. The van der Waals surface area contributed by atoms with Gasteiger partial charge in [0.1, 0.15) is 109 Å². The van der Waals surface area contributed by atoms with Gasteiger partial charge in [0.25, 0.3) is 0 Å². The molecule has 7 rings (SSSR count). The predicted octanol–water partition coefficient (Wildman–Crippen LogP) is 8.34. The van der Waals surface area contributed by atoms with Crippen LogP contribution >= 0.6 is 0 Å². The Kier molecular flexibility index (Phi) is 24.3. The maximum atomic E-state index is 6.22. The molecule has 18 nitrogen and oxygen atoms in total. The highest BCUT2D eigenvalue weighted by molar-refractivity contribution is 5.43. The molecule has 1 heterocycles. The van der Waals surface area contributed by atoms with Crippen molar-refractivity contribution in [3.63, 3.8) is 0 Å². The highest BCUT2D eigenvalue weighted by atomic mass is 16.6. The number of methoxy groups -OCH3 is 6. The fraction of sp³-hybridized carbons (Fsp3) is 0.400. The molecular formula is C60H75N3O15. The van der Waals surface area contributed by atoms with Crippen molar-refractivity contribution in [2.45, 2.75) is 39.3 Å². The summed E-state index contributed by atoms with van der Waals surface area (Å²) < 4.78 is 88.0. The summed E-state index contributed by atoms with van der Waals surface area (Å²) in [5.74, 6) is 8.24. The summed E-state index contributed by atoms with van der Waals surface area (Å²) in [5.41, 5.74) is 5.99. The van der Waals surface area contributed by atoms with Crippen molar-refractivity contribution in [1.29, 1.82) is 0 Å². The lowest BCUT2D eigenvalue weighted by molar-refractivity contribution is 0.0729. The second-order valence-corrected chi connectivity index (χ2v) is 17.8. The second kappa shape index (κ2) is 32.4. The third-order valence-corrected chi connectivity index (χ3v) is 12.0. The van der Waals surface area contributed by atoms with E-state index < -0.39 is 0 Å². The van der Waals surface area contributed by atoms with Crippen LogP contribution in [0.4, 0.5) is 0 Å². The van der Waals surface area contributed by atoms with Gasteiger partial charge in [-0.15, -0.1) is 0 Å². The fourth-order valence-electron chi connectivity index (χ4n) is 8.27. The van der Waals surface area contributed by atoms with Gasteiger partial charge in [0, 0.05) is 75.7 Å². The molecule has 6 aromatic rings. The molecule has 3 N–H and O–H groups in total. The first-order valence-electron chi connectivity index (χ1n) is 26.0. The second-order valence-electron chi connectivity index (χ2n) is 17.8. The normalized spacial score (nSPS) is 14.1. The molecular weight excluding hydrogens is 1000 g/mol. The minimum Gasteiger partial charge on any atom is -0.497 e. The van der Waals surface area contributed by atoms with Crippen molar-refractivity contribution in [3.8, 4) is 69.0 Å². The Morgan fingerprint density at radius 1 is 0.244 bits per heavy atom. The molecule has 0 aliphatic carbocycles. The molecule has 0 aromatic heterocycles. The van der Waals surface area contributed by atoms with Gasteiger partial charge < -0.3 is 87.0 Å². The fourth-order valence-corrected chi connectivity index (χ4v) is 8.27. The van der Waals surface area contributed by atoms with Gasteiger partial charge >= 0.3 is 0 Å². The average molecular weight is 1080 g/mol. The van der Waals surface area contributed by atoms with Crippen LogP contribution in [0, 0.1) is 0 Å². The Balaban J connectivity index is 1.01. The summed E-state index contributed by atoms with van der Waals surface area (Å²) in [7, 11) is 9.84. The van der Waals surface area contributed by atoms with Crippen molar-refractivity contribution in [3.05, 3.63) is 143 Å². The number of ether oxygens (including phenoxy) is 15. The summed E-state index contributed by atoms with van der Waals surface area (Å²) >= 11 is 0. The first kappa shape index (κ1) is 58.4. The Hall–Kier alpha value is -7.32. The topological polar surface area (TPSA) is 175 Å². The van der Waals surface area contributed by atoms with Crippen molar-refractivity contribution in [2.75, 3.05) is 122 Å². The third-order valence-electron chi connectivity index (χ3n) is 12.0. The molecule has 78 heavy (non-hydrogen) atoms. The minimum absolute atomic E-state index is 0.315. The van der Waals surface area contributed by atoms with Crippen LogP contribution in [0.3, 0.4) is 0 Å². The number of fused-ring (bicyclic) bond motifs is 6. The largest absolute Gasteiger partial charge is 0.497 e.